The van der Waals surface area contributed by atoms with Gasteiger partial charge in [0.25, 0.3) is 6.20 Å². The van der Waals surface area contributed by atoms with Crippen LogP contribution in [0.1, 0.15) is 26.2 Å². The smallest absolute Gasteiger partial charge is 0.323 e. The van der Waals surface area contributed by atoms with E-state index < -0.39 is 0 Å². The van der Waals surface area contributed by atoms with E-state index in [1.807, 2.05) is 0 Å². The van der Waals surface area contributed by atoms with Crippen LogP contribution in [0.4, 0.5) is 5.88 Å². The fourth-order valence-corrected chi connectivity index (χ4v) is 1.65. The molecule has 6 heteroatoms. The second kappa shape index (κ2) is 4.29. The Kier molecular flexibility index (Phi) is 2.84. The van der Waals surface area contributed by atoms with Crippen LogP contribution in [0.15, 0.2) is 15.7 Å². The maximum Gasteiger partial charge on any atom is 0.323 e. The van der Waals surface area contributed by atoms with Crippen LogP contribution in [0, 0.1) is 0 Å². The normalized spacial score (nSPS) is 18.2. The molecule has 1 aromatic heterocycles. The van der Waals surface area contributed by atoms with Gasteiger partial charge in [0, 0.05) is 0 Å². The maximum absolute atomic E-state index is 10.7. The van der Waals surface area contributed by atoms with Crippen molar-refractivity contribution < 1.29 is 14.4 Å². The highest BCUT2D eigenvalue weighted by molar-refractivity contribution is 5.70. The molecule has 6 nitrogen and oxygen atoms in total. The molecule has 0 spiro atoms. The topological polar surface area (TPSA) is 68.6 Å². The zero-order valence-corrected chi connectivity index (χ0v) is 8.72. The Morgan fingerprint density at radius 3 is 2.93 bits per heavy atom. The van der Waals surface area contributed by atoms with Crippen LogP contribution >= 0.6 is 0 Å². The molecule has 0 saturated carbocycles. The third-order valence-corrected chi connectivity index (χ3v) is 2.33. The highest BCUT2D eigenvalue weighted by Gasteiger charge is 2.21. The first-order valence-electron chi connectivity index (χ1n) is 5.12. The van der Waals surface area contributed by atoms with E-state index in [0.717, 1.165) is 13.1 Å². The van der Waals surface area contributed by atoms with Crippen molar-refractivity contribution in [1.29, 1.82) is 0 Å². The molecule has 15 heavy (non-hydrogen) atoms. The maximum atomic E-state index is 10.7. The molecule has 0 bridgehead atoms. The molecule has 1 saturated heterocycles. The molecule has 0 aromatic carbocycles. The molecule has 2 heterocycles. The lowest BCUT2D eigenvalue weighted by atomic mass is 10.2. The highest BCUT2D eigenvalue weighted by Crippen LogP contribution is 2.08. The lowest BCUT2D eigenvalue weighted by molar-refractivity contribution is -0.759. The van der Waals surface area contributed by atoms with Gasteiger partial charge in [-0.2, -0.15) is 5.01 Å². The number of piperidine rings is 1. The van der Waals surface area contributed by atoms with Gasteiger partial charge in [0.2, 0.25) is 5.27 Å². The summed E-state index contributed by atoms with van der Waals surface area (Å²) in [4.78, 5) is 5.29. The summed E-state index contributed by atoms with van der Waals surface area (Å²) < 4.78 is 4.91. The molecule has 1 aromatic rings. The van der Waals surface area contributed by atoms with E-state index in [-0.39, 0.29) is 11.8 Å². The molecule has 0 N–H and O–H groups in total. The lowest BCUT2D eigenvalue weighted by Crippen LogP contribution is -2.60. The first-order valence-corrected chi connectivity index (χ1v) is 5.12. The van der Waals surface area contributed by atoms with Gasteiger partial charge in [0.05, 0.1) is 17.9 Å². The van der Waals surface area contributed by atoms with Gasteiger partial charge in [-0.05, 0) is 32.1 Å². The van der Waals surface area contributed by atoms with Gasteiger partial charge >= 0.3 is 5.88 Å². The third kappa shape index (κ3) is 2.45. The monoisotopic (exact) mass is 210 g/mol. The minimum absolute atomic E-state index is 0.257. The number of rotatable bonds is 2. The molecule has 82 valence electrons. The van der Waals surface area contributed by atoms with Gasteiger partial charge < -0.3 is 5.11 Å². The van der Waals surface area contributed by atoms with Crippen LogP contribution in [-0.2, 0) is 0 Å². The first kappa shape index (κ1) is 9.95. The van der Waals surface area contributed by atoms with Crippen LogP contribution in [0.25, 0.3) is 0 Å². The van der Waals surface area contributed by atoms with Gasteiger partial charge in [-0.25, -0.2) is 4.99 Å². The predicted molar refractivity (Wildman–Crippen MR) is 51.3 cm³/mol. The lowest BCUT2D eigenvalue weighted by Gasteiger charge is -2.17. The van der Waals surface area contributed by atoms with E-state index in [4.69, 9.17) is 4.52 Å². The number of aliphatic imine (C=N–C) groups is 1. The Morgan fingerprint density at radius 1 is 1.53 bits per heavy atom. The van der Waals surface area contributed by atoms with E-state index in [2.05, 4.69) is 15.3 Å². The van der Waals surface area contributed by atoms with Crippen LogP contribution < -0.4 is 14.9 Å². The summed E-state index contributed by atoms with van der Waals surface area (Å²) in [6.45, 7) is 3.32. The van der Waals surface area contributed by atoms with Gasteiger partial charge in [0.1, 0.15) is 0 Å². The zero-order chi connectivity index (χ0) is 10.7. The summed E-state index contributed by atoms with van der Waals surface area (Å²) in [7, 11) is 0. The van der Waals surface area contributed by atoms with Crippen LogP contribution in [0.3, 0.4) is 0 Å². The Balaban J connectivity index is 2.08. The first-order chi connectivity index (χ1) is 7.25. The molecule has 0 amide bonds. The fraction of sp³-hybridized carbons (Fsp3) is 0.667. The SMILES string of the molecule is CC([O-])=Nc1c[n+](N2CCCCC2)no1. The minimum atomic E-state index is -0.281. The minimum Gasteiger partial charge on any atom is -0.862 e. The van der Waals surface area contributed by atoms with Crippen molar-refractivity contribution in [2.24, 2.45) is 4.99 Å². The summed E-state index contributed by atoms with van der Waals surface area (Å²) in [6.07, 6.45) is 5.23. The van der Waals surface area contributed by atoms with Crippen molar-refractivity contribution in [2.75, 3.05) is 18.1 Å². The number of nitrogens with zero attached hydrogens (tertiary/aromatic N) is 4. The van der Waals surface area contributed by atoms with Crippen molar-refractivity contribution in [3.05, 3.63) is 6.20 Å². The molecule has 0 atom stereocenters. The molecule has 1 aliphatic heterocycles. The second-order valence-corrected chi connectivity index (χ2v) is 3.61. The molecule has 1 aliphatic rings. The van der Waals surface area contributed by atoms with E-state index >= 15 is 0 Å². The van der Waals surface area contributed by atoms with Crippen molar-refractivity contribution in [3.8, 4) is 0 Å². The third-order valence-electron chi connectivity index (χ3n) is 2.33. The quantitative estimate of drug-likeness (QED) is 0.374. The number of hydrogen-bond acceptors (Lipinski definition) is 5. The average molecular weight is 210 g/mol. The summed E-state index contributed by atoms with van der Waals surface area (Å²) in [6, 6.07) is 0. The van der Waals surface area contributed by atoms with E-state index in [1.165, 1.54) is 26.2 Å². The molecule has 0 radical (unpaired) electrons. The summed E-state index contributed by atoms with van der Waals surface area (Å²) >= 11 is 0. The van der Waals surface area contributed by atoms with E-state index in [0.29, 0.717) is 0 Å². The molecule has 2 rings (SSSR count). The van der Waals surface area contributed by atoms with Gasteiger partial charge in [-0.3, -0.25) is 4.52 Å². The largest absolute Gasteiger partial charge is 0.862 e. The van der Waals surface area contributed by atoms with Gasteiger partial charge in [-0.15, -0.1) is 0 Å². The number of hydrogen-bond donors (Lipinski definition) is 0. The van der Waals surface area contributed by atoms with Crippen molar-refractivity contribution >= 4 is 11.8 Å². The molecular formula is C9H14N4O2. The summed E-state index contributed by atoms with van der Waals surface area (Å²) in [5.74, 6) is -0.0231. The Hall–Kier alpha value is -1.59. The molecule has 0 unspecified atom stereocenters. The Labute approximate surface area is 87.8 Å². The summed E-state index contributed by atoms with van der Waals surface area (Å²) in [5.41, 5.74) is 0. The van der Waals surface area contributed by atoms with Crippen LogP contribution in [0.2, 0.25) is 0 Å². The molecule has 0 aliphatic carbocycles. The zero-order valence-electron chi connectivity index (χ0n) is 8.72. The predicted octanol–water partition coefficient (Wildman–Crippen LogP) is -0.506. The number of aromatic nitrogens is 2. The van der Waals surface area contributed by atoms with Crippen molar-refractivity contribution in [1.82, 2.24) is 5.27 Å². The van der Waals surface area contributed by atoms with Gasteiger partial charge in [0.15, 0.2) is 0 Å². The van der Waals surface area contributed by atoms with Crippen LogP contribution in [-0.4, -0.2) is 24.3 Å². The highest BCUT2D eigenvalue weighted by atomic mass is 16.5. The van der Waals surface area contributed by atoms with Gasteiger partial charge in [-0.1, -0.05) is 0 Å². The Bertz CT molecular complexity index is 351. The summed E-state index contributed by atoms with van der Waals surface area (Å²) in [5, 5.41) is 16.6. The standard InChI is InChI=1S/C9H14N4O2/c1-8(14)10-9-7-13(11-15-9)12-5-3-2-4-6-12/h7H,2-6H2,1H3. The second-order valence-electron chi connectivity index (χ2n) is 3.61. The molecule has 1 fully saturated rings. The molecular weight excluding hydrogens is 196 g/mol. The fourth-order valence-electron chi connectivity index (χ4n) is 1.65. The van der Waals surface area contributed by atoms with E-state index in [1.54, 1.807) is 11.0 Å². The van der Waals surface area contributed by atoms with Crippen LogP contribution in [0.5, 0.6) is 0 Å². The average Bonchev–Trinajstić information content (AvgIpc) is 2.67. The van der Waals surface area contributed by atoms with Crippen molar-refractivity contribution in [2.45, 2.75) is 26.2 Å². The van der Waals surface area contributed by atoms with Crippen molar-refractivity contribution in [3.63, 3.8) is 0 Å². The Morgan fingerprint density at radius 2 is 2.27 bits per heavy atom. The van der Waals surface area contributed by atoms with E-state index in [9.17, 15) is 5.11 Å².